The quantitative estimate of drug-likeness (QED) is 0.801. The molecule has 12 heavy (non-hydrogen) atoms. The maximum absolute atomic E-state index is 10.1. The van der Waals surface area contributed by atoms with E-state index >= 15 is 0 Å². The maximum atomic E-state index is 10.1. The third-order valence-electron chi connectivity index (χ3n) is 1.44. The summed E-state index contributed by atoms with van der Waals surface area (Å²) in [5.74, 6) is 0. The van der Waals surface area contributed by atoms with Gasteiger partial charge in [-0.3, -0.25) is 4.79 Å². The van der Waals surface area contributed by atoms with Crippen LogP contribution < -0.4 is 5.32 Å². The van der Waals surface area contributed by atoms with Gasteiger partial charge < -0.3 is 5.32 Å². The summed E-state index contributed by atoms with van der Waals surface area (Å²) in [4.78, 5) is 10.1. The largest absolute Gasteiger partial charge is 0.329 e. The van der Waals surface area contributed by atoms with E-state index in [1.807, 2.05) is 13.0 Å². The first-order valence-electron chi connectivity index (χ1n) is 3.31. The topological polar surface area (TPSA) is 29.1 Å². The molecule has 0 atom stereocenters. The molecule has 0 radical (unpaired) electrons. The number of aryl methyl sites for hydroxylation is 1. The van der Waals surface area contributed by atoms with Gasteiger partial charge in [-0.25, -0.2) is 0 Å². The highest BCUT2D eigenvalue weighted by Gasteiger charge is 2.02. The van der Waals surface area contributed by atoms with Crippen LogP contribution in [0.3, 0.4) is 0 Å². The van der Waals surface area contributed by atoms with E-state index in [0.717, 1.165) is 10.0 Å². The molecule has 0 heterocycles. The van der Waals surface area contributed by atoms with Crippen LogP contribution in [0.4, 0.5) is 5.69 Å². The van der Waals surface area contributed by atoms with Crippen LogP contribution in [0.25, 0.3) is 0 Å². The molecule has 0 aliphatic carbocycles. The van der Waals surface area contributed by atoms with Crippen LogP contribution in [-0.4, -0.2) is 6.41 Å². The van der Waals surface area contributed by atoms with Crippen molar-refractivity contribution >= 4 is 39.6 Å². The molecule has 1 rings (SSSR count). The van der Waals surface area contributed by atoms with Crippen LogP contribution in [-0.2, 0) is 4.79 Å². The molecule has 1 aromatic carbocycles. The monoisotopic (exact) mass is 247 g/mol. The number of carbonyl (C=O) groups is 1. The molecule has 2 nitrogen and oxygen atoms in total. The molecule has 0 unspecified atom stereocenters. The lowest BCUT2D eigenvalue weighted by Gasteiger charge is -2.04. The number of nitrogens with one attached hydrogen (secondary N) is 1. The Kier molecular flexibility index (Phi) is 3.12. The van der Waals surface area contributed by atoms with Gasteiger partial charge in [0, 0.05) is 10.2 Å². The Morgan fingerprint density at radius 1 is 1.58 bits per heavy atom. The van der Waals surface area contributed by atoms with E-state index in [2.05, 4.69) is 21.2 Å². The fourth-order valence-corrected chi connectivity index (χ4v) is 1.37. The lowest BCUT2D eigenvalue weighted by Crippen LogP contribution is -1.94. The molecular formula is C8H7BrClNO. The zero-order valence-electron chi connectivity index (χ0n) is 6.40. The van der Waals surface area contributed by atoms with Gasteiger partial charge in [0.15, 0.2) is 0 Å². The molecule has 1 N–H and O–H groups in total. The molecule has 0 saturated carbocycles. The number of rotatable bonds is 2. The number of hydrogen-bond donors (Lipinski definition) is 1. The number of carbonyl (C=O) groups excluding carboxylic acids is 1. The molecule has 64 valence electrons. The molecule has 0 aromatic heterocycles. The van der Waals surface area contributed by atoms with Gasteiger partial charge >= 0.3 is 0 Å². The second-order valence-corrected chi connectivity index (χ2v) is 3.55. The third-order valence-corrected chi connectivity index (χ3v) is 3.01. The fourth-order valence-electron chi connectivity index (χ4n) is 0.878. The Morgan fingerprint density at radius 3 is 2.75 bits per heavy atom. The lowest BCUT2D eigenvalue weighted by atomic mass is 10.2. The standard InChI is InChI=1S/C8H7BrClNO/c1-5-2-6(11-4-12)3-7(10)8(5)9/h2-4H,1H3,(H,11,12). The van der Waals surface area contributed by atoms with E-state index in [1.165, 1.54) is 0 Å². The van der Waals surface area contributed by atoms with E-state index in [9.17, 15) is 4.79 Å². The Hall–Kier alpha value is -0.540. The summed E-state index contributed by atoms with van der Waals surface area (Å²) < 4.78 is 0.862. The molecule has 1 aromatic rings. The van der Waals surface area contributed by atoms with E-state index in [1.54, 1.807) is 6.07 Å². The highest BCUT2D eigenvalue weighted by Crippen LogP contribution is 2.29. The van der Waals surface area contributed by atoms with Gasteiger partial charge in [0.1, 0.15) is 0 Å². The van der Waals surface area contributed by atoms with Crippen molar-refractivity contribution in [1.82, 2.24) is 0 Å². The summed E-state index contributed by atoms with van der Waals surface area (Å²) in [6.45, 7) is 1.91. The SMILES string of the molecule is Cc1cc(NC=O)cc(Cl)c1Br. The van der Waals surface area contributed by atoms with Crippen molar-refractivity contribution in [3.63, 3.8) is 0 Å². The van der Waals surface area contributed by atoms with Crippen LogP contribution in [0, 0.1) is 6.92 Å². The van der Waals surface area contributed by atoms with Crippen LogP contribution in [0.1, 0.15) is 5.56 Å². The van der Waals surface area contributed by atoms with Crippen molar-refractivity contribution < 1.29 is 4.79 Å². The normalized spacial score (nSPS) is 9.58. The zero-order valence-corrected chi connectivity index (χ0v) is 8.74. The van der Waals surface area contributed by atoms with Gasteiger partial charge in [0.05, 0.1) is 5.02 Å². The van der Waals surface area contributed by atoms with Crippen LogP contribution in [0.2, 0.25) is 5.02 Å². The van der Waals surface area contributed by atoms with Crippen LogP contribution in [0.15, 0.2) is 16.6 Å². The van der Waals surface area contributed by atoms with Gasteiger partial charge in [-0.2, -0.15) is 0 Å². The van der Waals surface area contributed by atoms with Crippen molar-refractivity contribution in [2.75, 3.05) is 5.32 Å². The highest BCUT2D eigenvalue weighted by molar-refractivity contribution is 9.10. The second-order valence-electron chi connectivity index (χ2n) is 2.35. The van der Waals surface area contributed by atoms with Crippen LogP contribution in [0.5, 0.6) is 0 Å². The molecule has 0 fully saturated rings. The number of halogens is 2. The predicted molar refractivity (Wildman–Crippen MR) is 53.6 cm³/mol. The van der Waals surface area contributed by atoms with E-state index < -0.39 is 0 Å². The summed E-state index contributed by atoms with van der Waals surface area (Å²) in [7, 11) is 0. The van der Waals surface area contributed by atoms with Crippen molar-refractivity contribution in [3.8, 4) is 0 Å². The van der Waals surface area contributed by atoms with Gasteiger partial charge in [-0.1, -0.05) is 11.6 Å². The molecule has 4 heteroatoms. The molecule has 0 aliphatic rings. The first kappa shape index (κ1) is 9.55. The minimum absolute atomic E-state index is 0.597. The van der Waals surface area contributed by atoms with Crippen molar-refractivity contribution in [2.24, 2.45) is 0 Å². The summed E-state index contributed by atoms with van der Waals surface area (Å²) in [5.41, 5.74) is 1.70. The number of benzene rings is 1. The Morgan fingerprint density at radius 2 is 2.25 bits per heavy atom. The van der Waals surface area contributed by atoms with Crippen molar-refractivity contribution in [3.05, 3.63) is 27.2 Å². The smallest absolute Gasteiger partial charge is 0.211 e. The first-order chi connectivity index (χ1) is 5.65. The minimum Gasteiger partial charge on any atom is -0.329 e. The molecule has 0 aliphatic heterocycles. The number of hydrogen-bond acceptors (Lipinski definition) is 1. The van der Waals surface area contributed by atoms with Gasteiger partial charge in [0.2, 0.25) is 6.41 Å². The summed E-state index contributed by atoms with van der Waals surface area (Å²) in [5, 5.41) is 3.13. The molecular weight excluding hydrogens is 241 g/mol. The van der Waals surface area contributed by atoms with E-state index in [4.69, 9.17) is 11.6 Å². The minimum atomic E-state index is 0.597. The van der Waals surface area contributed by atoms with Crippen LogP contribution >= 0.6 is 27.5 Å². The molecule has 0 spiro atoms. The zero-order chi connectivity index (χ0) is 9.14. The Balaban J connectivity index is 3.11. The average molecular weight is 249 g/mol. The Bertz CT molecular complexity index is 291. The lowest BCUT2D eigenvalue weighted by molar-refractivity contribution is -0.105. The molecule has 1 amide bonds. The summed E-state index contributed by atoms with van der Waals surface area (Å²) >= 11 is 9.17. The third kappa shape index (κ3) is 1.99. The second kappa shape index (κ2) is 3.92. The van der Waals surface area contributed by atoms with E-state index in [0.29, 0.717) is 17.1 Å². The van der Waals surface area contributed by atoms with Gasteiger partial charge in [0.25, 0.3) is 0 Å². The van der Waals surface area contributed by atoms with Crippen molar-refractivity contribution in [1.29, 1.82) is 0 Å². The fraction of sp³-hybridized carbons (Fsp3) is 0.125. The Labute approximate surface area is 84.0 Å². The number of anilines is 1. The van der Waals surface area contributed by atoms with Gasteiger partial charge in [-0.05, 0) is 40.5 Å². The first-order valence-corrected chi connectivity index (χ1v) is 4.48. The summed E-state index contributed by atoms with van der Waals surface area (Å²) in [6.07, 6.45) is 0.624. The maximum Gasteiger partial charge on any atom is 0.211 e. The molecule has 0 saturated heterocycles. The highest BCUT2D eigenvalue weighted by atomic mass is 79.9. The summed E-state index contributed by atoms with van der Waals surface area (Å²) in [6, 6.07) is 3.53. The molecule has 0 bridgehead atoms. The van der Waals surface area contributed by atoms with Crippen molar-refractivity contribution in [2.45, 2.75) is 6.92 Å². The van der Waals surface area contributed by atoms with Gasteiger partial charge in [-0.15, -0.1) is 0 Å². The van der Waals surface area contributed by atoms with E-state index in [-0.39, 0.29) is 0 Å². The predicted octanol–water partition coefficient (Wildman–Crippen LogP) is 2.98. The number of amides is 1. The average Bonchev–Trinajstić information content (AvgIpc) is 2.01.